The van der Waals surface area contributed by atoms with Gasteiger partial charge >= 0.3 is 5.97 Å². The first-order valence-corrected chi connectivity index (χ1v) is 11.4. The van der Waals surface area contributed by atoms with Crippen LogP contribution in [0.25, 0.3) is 0 Å². The Kier molecular flexibility index (Phi) is 6.27. The van der Waals surface area contributed by atoms with Gasteiger partial charge in [-0.2, -0.15) is 0 Å². The van der Waals surface area contributed by atoms with Gasteiger partial charge in [0.15, 0.2) is 5.69 Å². The summed E-state index contributed by atoms with van der Waals surface area (Å²) in [5, 5.41) is 0. The molecule has 1 aromatic rings. The van der Waals surface area contributed by atoms with Crippen molar-refractivity contribution in [3.05, 3.63) is 23.4 Å². The molecule has 0 N–H and O–H groups in total. The van der Waals surface area contributed by atoms with Gasteiger partial charge in [-0.15, -0.1) is 0 Å². The van der Waals surface area contributed by atoms with Crippen LogP contribution in [0.2, 0.25) is 0 Å². The summed E-state index contributed by atoms with van der Waals surface area (Å²) in [5.41, 5.74) is 0.581. The highest BCUT2D eigenvalue weighted by Crippen LogP contribution is 2.48. The van der Waals surface area contributed by atoms with Gasteiger partial charge in [0.1, 0.15) is 5.60 Å². The standard InChI is InChI=1S/C23H33N3O4/c1-3-29-19-8-7-18-20(24-19)22(28)30-23(18)11-9-17(10-12-23)21(27)25(2)15-16-26-13-5-4-6-14-26/h7-8,17H,3-6,9-16H2,1-2H3. The molecule has 164 valence electrons. The highest BCUT2D eigenvalue weighted by atomic mass is 16.6. The second-order valence-corrected chi connectivity index (χ2v) is 8.80. The SMILES string of the molecule is CCOc1ccc2c(n1)C(=O)OC21CCC(C(=O)N(C)CCN2CCCCC2)CC1. The van der Waals surface area contributed by atoms with Gasteiger partial charge in [-0.05, 0) is 64.6 Å². The van der Waals surface area contributed by atoms with Crippen LogP contribution in [0.3, 0.4) is 0 Å². The number of ether oxygens (including phenoxy) is 2. The van der Waals surface area contributed by atoms with Crippen LogP contribution in [0.1, 0.15) is 67.9 Å². The van der Waals surface area contributed by atoms with E-state index in [1.54, 1.807) is 6.07 Å². The molecule has 1 saturated carbocycles. The lowest BCUT2D eigenvalue weighted by atomic mass is 9.75. The fourth-order valence-electron chi connectivity index (χ4n) is 5.07. The Morgan fingerprint density at radius 3 is 2.70 bits per heavy atom. The van der Waals surface area contributed by atoms with Crippen LogP contribution in [0.15, 0.2) is 12.1 Å². The Labute approximate surface area is 178 Å². The molecule has 0 aromatic carbocycles. The number of fused-ring (bicyclic) bond motifs is 2. The quantitative estimate of drug-likeness (QED) is 0.665. The largest absolute Gasteiger partial charge is 0.478 e. The number of pyridine rings is 1. The van der Waals surface area contributed by atoms with Gasteiger partial charge in [0.05, 0.1) is 6.61 Å². The summed E-state index contributed by atoms with van der Waals surface area (Å²) in [6, 6.07) is 3.71. The summed E-state index contributed by atoms with van der Waals surface area (Å²) >= 11 is 0. The van der Waals surface area contributed by atoms with Gasteiger partial charge < -0.3 is 19.3 Å². The zero-order valence-corrected chi connectivity index (χ0v) is 18.2. The number of aromatic nitrogens is 1. The first-order valence-electron chi connectivity index (χ1n) is 11.4. The average molecular weight is 416 g/mol. The van der Waals surface area contributed by atoms with E-state index in [1.165, 1.54) is 19.3 Å². The number of likely N-dealkylation sites (tertiary alicyclic amines) is 1. The molecule has 1 spiro atoms. The Balaban J connectivity index is 1.34. The molecule has 30 heavy (non-hydrogen) atoms. The maximum atomic E-state index is 13.0. The zero-order valence-electron chi connectivity index (χ0n) is 18.2. The van der Waals surface area contributed by atoms with Gasteiger partial charge in [-0.1, -0.05) is 6.42 Å². The number of hydrogen-bond donors (Lipinski definition) is 0. The molecule has 0 radical (unpaired) electrons. The normalized spacial score (nSPS) is 26.3. The summed E-state index contributed by atoms with van der Waals surface area (Å²) in [5.74, 6) is 0.288. The number of piperidine rings is 1. The molecule has 0 unspecified atom stereocenters. The number of hydrogen-bond acceptors (Lipinski definition) is 6. The smallest absolute Gasteiger partial charge is 0.358 e. The second-order valence-electron chi connectivity index (χ2n) is 8.80. The first-order chi connectivity index (χ1) is 14.5. The van der Waals surface area contributed by atoms with Crippen molar-refractivity contribution in [3.63, 3.8) is 0 Å². The number of nitrogens with zero attached hydrogens (tertiary/aromatic N) is 3. The van der Waals surface area contributed by atoms with Crippen LogP contribution in [0, 0.1) is 5.92 Å². The Morgan fingerprint density at radius 1 is 1.27 bits per heavy atom. The number of carbonyl (C=O) groups excluding carboxylic acids is 2. The fraction of sp³-hybridized carbons (Fsp3) is 0.696. The minimum absolute atomic E-state index is 0.000361. The lowest BCUT2D eigenvalue weighted by Crippen LogP contribution is -2.43. The third-order valence-corrected chi connectivity index (χ3v) is 6.85. The van der Waals surface area contributed by atoms with Crippen molar-refractivity contribution in [2.75, 3.05) is 39.8 Å². The van der Waals surface area contributed by atoms with Gasteiger partial charge in [-0.25, -0.2) is 9.78 Å². The van der Waals surface area contributed by atoms with E-state index < -0.39 is 5.60 Å². The number of amides is 1. The number of carbonyl (C=O) groups is 2. The maximum absolute atomic E-state index is 13.0. The molecule has 3 heterocycles. The van der Waals surface area contributed by atoms with Crippen molar-refractivity contribution in [1.29, 1.82) is 0 Å². The topological polar surface area (TPSA) is 72.0 Å². The van der Waals surface area contributed by atoms with Crippen molar-refractivity contribution in [2.24, 2.45) is 5.92 Å². The predicted octanol–water partition coefficient (Wildman–Crippen LogP) is 2.98. The van der Waals surface area contributed by atoms with E-state index in [0.29, 0.717) is 31.0 Å². The van der Waals surface area contributed by atoms with Crippen LogP contribution in [-0.2, 0) is 15.1 Å². The third-order valence-electron chi connectivity index (χ3n) is 6.85. The third kappa shape index (κ3) is 4.17. The fourth-order valence-corrected chi connectivity index (χ4v) is 5.07. The molecule has 1 aromatic heterocycles. The van der Waals surface area contributed by atoms with Crippen molar-refractivity contribution in [2.45, 2.75) is 57.5 Å². The summed E-state index contributed by atoms with van der Waals surface area (Å²) in [7, 11) is 1.92. The molecule has 3 aliphatic rings. The lowest BCUT2D eigenvalue weighted by Gasteiger charge is -2.37. The van der Waals surface area contributed by atoms with Crippen molar-refractivity contribution in [1.82, 2.24) is 14.8 Å². The van der Waals surface area contributed by atoms with E-state index in [1.807, 2.05) is 24.9 Å². The monoisotopic (exact) mass is 415 g/mol. The minimum Gasteiger partial charge on any atom is -0.478 e. The van der Waals surface area contributed by atoms with Crippen LogP contribution in [0.5, 0.6) is 5.88 Å². The van der Waals surface area contributed by atoms with E-state index in [-0.39, 0.29) is 17.8 Å². The number of esters is 1. The van der Waals surface area contributed by atoms with Gasteiger partial charge in [0, 0.05) is 37.7 Å². The molecular weight excluding hydrogens is 382 g/mol. The van der Waals surface area contributed by atoms with Crippen LogP contribution in [0.4, 0.5) is 0 Å². The zero-order chi connectivity index (χ0) is 21.1. The molecule has 1 aliphatic carbocycles. The molecule has 2 fully saturated rings. The molecule has 0 atom stereocenters. The van der Waals surface area contributed by atoms with Gasteiger partial charge in [0.25, 0.3) is 0 Å². The number of likely N-dealkylation sites (N-methyl/N-ethyl adjacent to an activating group) is 1. The second kappa shape index (κ2) is 8.92. The Morgan fingerprint density at radius 2 is 2.00 bits per heavy atom. The summed E-state index contributed by atoms with van der Waals surface area (Å²) in [6.45, 7) is 6.42. The summed E-state index contributed by atoms with van der Waals surface area (Å²) in [6.07, 6.45) is 6.65. The van der Waals surface area contributed by atoms with E-state index in [2.05, 4.69) is 9.88 Å². The van der Waals surface area contributed by atoms with E-state index in [0.717, 1.165) is 44.6 Å². The molecule has 1 saturated heterocycles. The highest BCUT2D eigenvalue weighted by molar-refractivity contribution is 5.93. The molecule has 4 rings (SSSR count). The molecule has 2 aliphatic heterocycles. The van der Waals surface area contributed by atoms with E-state index >= 15 is 0 Å². The molecule has 7 nitrogen and oxygen atoms in total. The van der Waals surface area contributed by atoms with Gasteiger partial charge in [0.2, 0.25) is 11.8 Å². The first kappa shape index (κ1) is 21.1. The van der Waals surface area contributed by atoms with Crippen LogP contribution < -0.4 is 4.74 Å². The molecule has 1 amide bonds. The van der Waals surface area contributed by atoms with Crippen LogP contribution >= 0.6 is 0 Å². The predicted molar refractivity (Wildman–Crippen MR) is 112 cm³/mol. The summed E-state index contributed by atoms with van der Waals surface area (Å²) < 4.78 is 11.2. The molecule has 7 heteroatoms. The minimum atomic E-state index is -0.632. The molecule has 0 bridgehead atoms. The van der Waals surface area contributed by atoms with E-state index in [4.69, 9.17) is 9.47 Å². The Bertz CT molecular complexity index is 783. The molecular formula is C23H33N3O4. The lowest BCUT2D eigenvalue weighted by molar-refractivity contribution is -0.137. The van der Waals surface area contributed by atoms with Crippen molar-refractivity contribution >= 4 is 11.9 Å². The van der Waals surface area contributed by atoms with Crippen molar-refractivity contribution < 1.29 is 19.1 Å². The summed E-state index contributed by atoms with van der Waals surface area (Å²) in [4.78, 5) is 34.1. The van der Waals surface area contributed by atoms with E-state index in [9.17, 15) is 9.59 Å². The average Bonchev–Trinajstić information content (AvgIpc) is 3.04. The van der Waals surface area contributed by atoms with Gasteiger partial charge in [-0.3, -0.25) is 4.79 Å². The highest BCUT2D eigenvalue weighted by Gasteiger charge is 2.49. The Hall–Kier alpha value is -2.15. The van der Waals surface area contributed by atoms with Crippen LogP contribution in [-0.4, -0.2) is 66.5 Å². The number of rotatable bonds is 6. The van der Waals surface area contributed by atoms with Crippen molar-refractivity contribution in [3.8, 4) is 5.88 Å². The maximum Gasteiger partial charge on any atom is 0.358 e.